The Hall–Kier alpha value is -0.900. The summed E-state index contributed by atoms with van der Waals surface area (Å²) in [6, 6.07) is -0.143. The third-order valence-electron chi connectivity index (χ3n) is 2.63. The largest absolute Gasteiger partial charge is 0.375 e. The molecule has 1 fully saturated rings. The van der Waals surface area contributed by atoms with Crippen LogP contribution in [0.15, 0.2) is 4.99 Å². The smallest absolute Gasteiger partial charge is 0.277 e. The number of nitrogens with two attached hydrogens (primary N) is 1. The summed E-state index contributed by atoms with van der Waals surface area (Å²) >= 11 is 0. The first-order valence-electron chi connectivity index (χ1n) is 6.73. The predicted molar refractivity (Wildman–Crippen MR) is 78.7 cm³/mol. The molecule has 1 unspecified atom stereocenters. The van der Waals surface area contributed by atoms with Gasteiger partial charge in [0.1, 0.15) is 0 Å². The maximum Gasteiger partial charge on any atom is 0.277 e. The third-order valence-corrected chi connectivity index (χ3v) is 4.00. The summed E-state index contributed by atoms with van der Waals surface area (Å²) in [5.74, 6) is 0.427. The number of guanidine groups is 1. The van der Waals surface area contributed by atoms with E-state index in [2.05, 4.69) is 14.4 Å². The summed E-state index contributed by atoms with van der Waals surface area (Å²) in [5.41, 5.74) is 5.87. The van der Waals surface area contributed by atoms with Gasteiger partial charge in [0.2, 0.25) is 0 Å². The van der Waals surface area contributed by atoms with Gasteiger partial charge in [0, 0.05) is 25.7 Å². The summed E-state index contributed by atoms with van der Waals surface area (Å²) in [7, 11) is -3.46. The van der Waals surface area contributed by atoms with Crippen molar-refractivity contribution in [2.45, 2.75) is 32.9 Å². The molecule has 1 heterocycles. The fourth-order valence-corrected chi connectivity index (χ4v) is 2.89. The molecule has 0 aromatic carbocycles. The van der Waals surface area contributed by atoms with E-state index in [1.54, 1.807) is 13.8 Å². The standard InChI is InChI=1S/C11H25N5O3S/c1-9(2)15-20(17,18)14-5-4-13-11(12)16-6-7-19-10(3)8-16/h9-10,14-15H,4-8H2,1-3H3,(H2,12,13). The number of nitrogens with one attached hydrogen (secondary N) is 2. The zero-order valence-corrected chi connectivity index (χ0v) is 13.1. The number of aliphatic imine (C=N–C) groups is 1. The van der Waals surface area contributed by atoms with Crippen LogP contribution in [0.1, 0.15) is 20.8 Å². The van der Waals surface area contributed by atoms with Crippen LogP contribution in [-0.4, -0.2) is 64.2 Å². The zero-order valence-electron chi connectivity index (χ0n) is 12.3. The van der Waals surface area contributed by atoms with Crippen LogP contribution in [0.5, 0.6) is 0 Å². The molecule has 4 N–H and O–H groups in total. The van der Waals surface area contributed by atoms with Crippen LogP contribution >= 0.6 is 0 Å². The molecule has 0 radical (unpaired) electrons. The first-order chi connectivity index (χ1) is 9.30. The Morgan fingerprint density at radius 2 is 2.25 bits per heavy atom. The molecule has 118 valence electrons. The lowest BCUT2D eigenvalue weighted by atomic mass is 10.3. The first-order valence-corrected chi connectivity index (χ1v) is 8.22. The van der Waals surface area contributed by atoms with Gasteiger partial charge in [-0.05, 0) is 20.8 Å². The number of hydrogen-bond donors (Lipinski definition) is 3. The Bertz CT molecular complexity index is 424. The highest BCUT2D eigenvalue weighted by molar-refractivity contribution is 7.87. The van der Waals surface area contributed by atoms with Crippen LogP contribution in [0.4, 0.5) is 0 Å². The Morgan fingerprint density at radius 1 is 1.55 bits per heavy atom. The second-order valence-corrected chi connectivity index (χ2v) is 6.57. The van der Waals surface area contributed by atoms with Gasteiger partial charge >= 0.3 is 0 Å². The van der Waals surface area contributed by atoms with E-state index in [0.717, 1.165) is 0 Å². The van der Waals surface area contributed by atoms with Crippen molar-refractivity contribution < 1.29 is 13.2 Å². The molecular weight excluding hydrogens is 282 g/mol. The van der Waals surface area contributed by atoms with E-state index in [0.29, 0.717) is 32.2 Å². The lowest BCUT2D eigenvalue weighted by Gasteiger charge is -2.31. The van der Waals surface area contributed by atoms with Crippen molar-refractivity contribution in [1.82, 2.24) is 14.3 Å². The number of nitrogens with zero attached hydrogens (tertiary/aromatic N) is 2. The molecule has 0 spiro atoms. The maximum atomic E-state index is 11.5. The van der Waals surface area contributed by atoms with Gasteiger partial charge in [-0.3, -0.25) is 4.99 Å². The molecule has 1 atom stereocenters. The molecule has 0 aromatic rings. The highest BCUT2D eigenvalue weighted by Gasteiger charge is 2.17. The normalized spacial score (nSPS) is 21.5. The van der Waals surface area contributed by atoms with E-state index >= 15 is 0 Å². The molecule has 0 amide bonds. The topological polar surface area (TPSA) is 109 Å². The van der Waals surface area contributed by atoms with Gasteiger partial charge in [0.25, 0.3) is 10.2 Å². The lowest BCUT2D eigenvalue weighted by molar-refractivity contribution is 0.00530. The molecular formula is C11H25N5O3S. The van der Waals surface area contributed by atoms with Gasteiger partial charge < -0.3 is 15.4 Å². The van der Waals surface area contributed by atoms with E-state index in [9.17, 15) is 8.42 Å². The molecule has 1 aliphatic rings. The second-order valence-electron chi connectivity index (χ2n) is 5.04. The van der Waals surface area contributed by atoms with Gasteiger partial charge in [-0.15, -0.1) is 0 Å². The molecule has 0 saturated carbocycles. The van der Waals surface area contributed by atoms with Crippen LogP contribution in [0.2, 0.25) is 0 Å². The van der Waals surface area contributed by atoms with Gasteiger partial charge in [0.15, 0.2) is 5.96 Å². The maximum absolute atomic E-state index is 11.5. The summed E-state index contributed by atoms with van der Waals surface area (Å²) in [4.78, 5) is 6.11. The van der Waals surface area contributed by atoms with E-state index in [1.807, 2.05) is 11.8 Å². The highest BCUT2D eigenvalue weighted by atomic mass is 32.2. The van der Waals surface area contributed by atoms with Crippen LogP contribution in [0.3, 0.4) is 0 Å². The Kier molecular flexibility index (Phi) is 6.66. The minimum absolute atomic E-state index is 0.131. The molecule has 0 bridgehead atoms. The third kappa shape index (κ3) is 6.51. The summed E-state index contributed by atoms with van der Waals surface area (Å²) in [5, 5.41) is 0. The molecule has 1 aliphatic heterocycles. The Balaban J connectivity index is 2.33. The van der Waals surface area contributed by atoms with Crippen molar-refractivity contribution in [3.05, 3.63) is 0 Å². The zero-order chi connectivity index (χ0) is 15.2. The molecule has 0 aliphatic carbocycles. The number of hydrogen-bond acceptors (Lipinski definition) is 4. The molecule has 20 heavy (non-hydrogen) atoms. The molecule has 1 rings (SSSR count). The van der Waals surface area contributed by atoms with Crippen molar-refractivity contribution in [3.63, 3.8) is 0 Å². The van der Waals surface area contributed by atoms with Crippen LogP contribution < -0.4 is 15.2 Å². The number of ether oxygens (including phenoxy) is 1. The summed E-state index contributed by atoms with van der Waals surface area (Å²) < 4.78 is 33.3. The quantitative estimate of drug-likeness (QED) is 0.326. The number of morpholine rings is 1. The van der Waals surface area contributed by atoms with E-state index < -0.39 is 10.2 Å². The predicted octanol–water partition coefficient (Wildman–Crippen LogP) is -1.15. The SMILES string of the molecule is CC(C)NS(=O)(=O)NCCN=C(N)N1CCOC(C)C1. The van der Waals surface area contributed by atoms with Crippen molar-refractivity contribution in [2.75, 3.05) is 32.8 Å². The summed E-state index contributed by atoms with van der Waals surface area (Å²) in [6.45, 7) is 8.05. The minimum atomic E-state index is -3.46. The van der Waals surface area contributed by atoms with Gasteiger partial charge in [-0.2, -0.15) is 13.1 Å². The average molecular weight is 307 g/mol. The van der Waals surface area contributed by atoms with Gasteiger partial charge in [0.05, 0.1) is 19.3 Å². The Labute approximate surface area is 120 Å². The lowest BCUT2D eigenvalue weighted by Crippen LogP contribution is -2.48. The highest BCUT2D eigenvalue weighted by Crippen LogP contribution is 2.03. The van der Waals surface area contributed by atoms with Crippen LogP contribution in [-0.2, 0) is 14.9 Å². The number of rotatable bonds is 6. The molecule has 8 nitrogen and oxygen atoms in total. The second kappa shape index (κ2) is 7.77. The van der Waals surface area contributed by atoms with Crippen molar-refractivity contribution in [2.24, 2.45) is 10.7 Å². The van der Waals surface area contributed by atoms with Crippen molar-refractivity contribution in [3.8, 4) is 0 Å². The van der Waals surface area contributed by atoms with Gasteiger partial charge in [-0.25, -0.2) is 4.72 Å². The summed E-state index contributed by atoms with van der Waals surface area (Å²) in [6.07, 6.45) is 0.131. The Morgan fingerprint density at radius 3 is 2.85 bits per heavy atom. The van der Waals surface area contributed by atoms with Crippen LogP contribution in [0, 0.1) is 0 Å². The van der Waals surface area contributed by atoms with Crippen LogP contribution in [0.25, 0.3) is 0 Å². The molecule has 1 saturated heterocycles. The monoisotopic (exact) mass is 307 g/mol. The van der Waals surface area contributed by atoms with E-state index in [1.165, 1.54) is 0 Å². The molecule has 0 aromatic heterocycles. The average Bonchev–Trinajstić information content (AvgIpc) is 2.32. The fraction of sp³-hybridized carbons (Fsp3) is 0.909. The first kappa shape index (κ1) is 17.2. The van der Waals surface area contributed by atoms with E-state index in [-0.39, 0.29) is 18.7 Å². The van der Waals surface area contributed by atoms with Gasteiger partial charge in [-0.1, -0.05) is 0 Å². The van der Waals surface area contributed by atoms with Crippen molar-refractivity contribution in [1.29, 1.82) is 0 Å². The van der Waals surface area contributed by atoms with E-state index in [4.69, 9.17) is 10.5 Å². The minimum Gasteiger partial charge on any atom is -0.375 e. The fourth-order valence-electron chi connectivity index (χ4n) is 1.83. The van der Waals surface area contributed by atoms with Crippen molar-refractivity contribution >= 4 is 16.2 Å². The molecule has 9 heteroatoms.